The van der Waals surface area contributed by atoms with Crippen LogP contribution in [-0.4, -0.2) is 37.2 Å². The SMILES string of the molecule is CCNC(=NCc1ncc(CC)s1)NCCOCC. The summed E-state index contributed by atoms with van der Waals surface area (Å²) in [6, 6.07) is 0. The van der Waals surface area contributed by atoms with E-state index in [1.807, 2.05) is 13.1 Å². The quantitative estimate of drug-likeness (QED) is 0.434. The average Bonchev–Trinajstić information content (AvgIpc) is 2.88. The Balaban J connectivity index is 2.42. The van der Waals surface area contributed by atoms with Gasteiger partial charge in [-0.05, 0) is 20.3 Å². The van der Waals surface area contributed by atoms with Gasteiger partial charge < -0.3 is 15.4 Å². The normalized spacial score (nSPS) is 11.6. The molecular weight excluding hydrogens is 260 g/mol. The maximum atomic E-state index is 5.29. The molecule has 1 rings (SSSR count). The number of ether oxygens (including phenoxy) is 1. The lowest BCUT2D eigenvalue weighted by atomic mass is 10.4. The Morgan fingerprint density at radius 3 is 2.84 bits per heavy atom. The molecule has 1 heterocycles. The summed E-state index contributed by atoms with van der Waals surface area (Å²) in [6.07, 6.45) is 2.97. The van der Waals surface area contributed by atoms with Crippen molar-refractivity contribution in [3.63, 3.8) is 0 Å². The molecule has 0 amide bonds. The molecule has 1 aromatic heterocycles. The van der Waals surface area contributed by atoms with Crippen molar-refractivity contribution >= 4 is 17.3 Å². The van der Waals surface area contributed by atoms with Crippen molar-refractivity contribution < 1.29 is 4.74 Å². The highest BCUT2D eigenvalue weighted by atomic mass is 32.1. The highest BCUT2D eigenvalue weighted by Gasteiger charge is 2.01. The summed E-state index contributed by atoms with van der Waals surface area (Å²) in [7, 11) is 0. The van der Waals surface area contributed by atoms with Gasteiger partial charge in [0.05, 0.1) is 13.2 Å². The van der Waals surface area contributed by atoms with E-state index < -0.39 is 0 Å². The van der Waals surface area contributed by atoms with Crippen LogP contribution in [0, 0.1) is 0 Å². The predicted octanol–water partition coefficient (Wildman–Crippen LogP) is 1.80. The number of aromatic nitrogens is 1. The molecule has 0 atom stereocenters. The first-order valence-electron chi connectivity index (χ1n) is 6.83. The second kappa shape index (κ2) is 9.75. The third-order valence-corrected chi connectivity index (χ3v) is 3.54. The summed E-state index contributed by atoms with van der Waals surface area (Å²) in [5.41, 5.74) is 0. The number of nitrogens with zero attached hydrogens (tertiary/aromatic N) is 2. The topological polar surface area (TPSA) is 58.5 Å². The Kier molecular flexibility index (Phi) is 8.16. The summed E-state index contributed by atoms with van der Waals surface area (Å²) in [5, 5.41) is 7.50. The number of hydrogen-bond acceptors (Lipinski definition) is 4. The Morgan fingerprint density at radius 1 is 1.37 bits per heavy atom. The van der Waals surface area contributed by atoms with Crippen LogP contribution in [0.3, 0.4) is 0 Å². The van der Waals surface area contributed by atoms with Crippen LogP contribution in [0.15, 0.2) is 11.2 Å². The number of aryl methyl sites for hydroxylation is 1. The molecule has 108 valence electrons. The third-order valence-electron chi connectivity index (χ3n) is 2.41. The van der Waals surface area contributed by atoms with E-state index in [-0.39, 0.29) is 0 Å². The number of rotatable bonds is 8. The van der Waals surface area contributed by atoms with E-state index in [9.17, 15) is 0 Å². The van der Waals surface area contributed by atoms with Gasteiger partial charge in [0.1, 0.15) is 5.01 Å². The third kappa shape index (κ3) is 6.54. The minimum atomic E-state index is 0.620. The maximum absolute atomic E-state index is 5.29. The van der Waals surface area contributed by atoms with Crippen LogP contribution in [-0.2, 0) is 17.7 Å². The monoisotopic (exact) mass is 284 g/mol. The van der Waals surface area contributed by atoms with Crippen molar-refractivity contribution in [2.75, 3.05) is 26.3 Å². The summed E-state index contributed by atoms with van der Waals surface area (Å²) in [6.45, 7) is 9.85. The molecule has 0 saturated heterocycles. The minimum Gasteiger partial charge on any atom is -0.380 e. The molecule has 1 aromatic rings. The second-order valence-corrected chi connectivity index (χ2v) is 5.09. The molecular formula is C13H24N4OS. The Bertz CT molecular complexity index is 378. The zero-order valence-corrected chi connectivity index (χ0v) is 12.8. The molecule has 6 heteroatoms. The summed E-state index contributed by atoms with van der Waals surface area (Å²) < 4.78 is 5.29. The highest BCUT2D eigenvalue weighted by Crippen LogP contribution is 2.13. The van der Waals surface area contributed by atoms with Crippen LogP contribution < -0.4 is 10.6 Å². The van der Waals surface area contributed by atoms with Gasteiger partial charge in [-0.1, -0.05) is 6.92 Å². The molecule has 0 aliphatic rings. The molecule has 0 aliphatic heterocycles. The Morgan fingerprint density at radius 2 is 2.21 bits per heavy atom. The van der Waals surface area contributed by atoms with Crippen molar-refractivity contribution in [3.8, 4) is 0 Å². The molecule has 0 spiro atoms. The zero-order valence-electron chi connectivity index (χ0n) is 12.0. The van der Waals surface area contributed by atoms with Crippen molar-refractivity contribution in [2.45, 2.75) is 33.7 Å². The average molecular weight is 284 g/mol. The molecule has 0 saturated carbocycles. The lowest BCUT2D eigenvalue weighted by Crippen LogP contribution is -2.38. The van der Waals surface area contributed by atoms with Crippen molar-refractivity contribution in [3.05, 3.63) is 16.1 Å². The van der Waals surface area contributed by atoms with Crippen LogP contribution in [0.5, 0.6) is 0 Å². The molecule has 0 aliphatic carbocycles. The number of guanidine groups is 1. The first-order chi connectivity index (χ1) is 9.30. The smallest absolute Gasteiger partial charge is 0.191 e. The summed E-state index contributed by atoms with van der Waals surface area (Å²) >= 11 is 1.73. The number of hydrogen-bond donors (Lipinski definition) is 2. The van der Waals surface area contributed by atoms with Gasteiger partial charge in [-0.2, -0.15) is 0 Å². The van der Waals surface area contributed by atoms with Gasteiger partial charge in [-0.15, -0.1) is 11.3 Å². The van der Waals surface area contributed by atoms with E-state index in [1.165, 1.54) is 4.88 Å². The standard InChI is InChI=1S/C13H24N4OS/c1-4-11-9-16-12(19-11)10-17-13(14-5-2)15-7-8-18-6-3/h9H,4-8,10H2,1-3H3,(H2,14,15,17). The van der Waals surface area contributed by atoms with E-state index in [0.717, 1.165) is 37.1 Å². The van der Waals surface area contributed by atoms with Crippen LogP contribution in [0.25, 0.3) is 0 Å². The predicted molar refractivity (Wildman–Crippen MR) is 80.8 cm³/mol. The van der Waals surface area contributed by atoms with E-state index in [1.54, 1.807) is 11.3 Å². The van der Waals surface area contributed by atoms with E-state index in [4.69, 9.17) is 4.74 Å². The summed E-state index contributed by atoms with van der Waals surface area (Å²) in [5.74, 6) is 0.815. The zero-order chi connectivity index (χ0) is 13.9. The lowest BCUT2D eigenvalue weighted by Gasteiger charge is -2.10. The van der Waals surface area contributed by atoms with Gasteiger partial charge in [0.25, 0.3) is 0 Å². The van der Waals surface area contributed by atoms with E-state index in [2.05, 4.69) is 34.5 Å². The van der Waals surface area contributed by atoms with Gasteiger partial charge in [0.2, 0.25) is 0 Å². The van der Waals surface area contributed by atoms with Gasteiger partial charge in [-0.3, -0.25) is 0 Å². The summed E-state index contributed by atoms with van der Waals surface area (Å²) in [4.78, 5) is 10.2. The molecule has 0 radical (unpaired) electrons. The van der Waals surface area contributed by atoms with E-state index in [0.29, 0.717) is 13.2 Å². The first kappa shape index (κ1) is 15.9. The van der Waals surface area contributed by atoms with Gasteiger partial charge in [0.15, 0.2) is 5.96 Å². The fourth-order valence-electron chi connectivity index (χ4n) is 1.46. The molecule has 0 fully saturated rings. The maximum Gasteiger partial charge on any atom is 0.191 e. The van der Waals surface area contributed by atoms with Crippen LogP contribution in [0.2, 0.25) is 0 Å². The van der Waals surface area contributed by atoms with Crippen LogP contribution in [0.1, 0.15) is 30.7 Å². The molecule has 0 unspecified atom stereocenters. The fourth-order valence-corrected chi connectivity index (χ4v) is 2.25. The number of thiazole rings is 1. The van der Waals surface area contributed by atoms with Gasteiger partial charge >= 0.3 is 0 Å². The molecule has 19 heavy (non-hydrogen) atoms. The Labute approximate surface area is 119 Å². The highest BCUT2D eigenvalue weighted by molar-refractivity contribution is 7.11. The van der Waals surface area contributed by atoms with Crippen molar-refractivity contribution in [2.24, 2.45) is 4.99 Å². The second-order valence-electron chi connectivity index (χ2n) is 3.89. The first-order valence-corrected chi connectivity index (χ1v) is 7.65. The minimum absolute atomic E-state index is 0.620. The fraction of sp³-hybridized carbons (Fsp3) is 0.692. The molecule has 5 nitrogen and oxygen atoms in total. The molecule has 2 N–H and O–H groups in total. The Hall–Kier alpha value is -1.14. The van der Waals surface area contributed by atoms with E-state index >= 15 is 0 Å². The van der Waals surface area contributed by atoms with Gasteiger partial charge in [-0.25, -0.2) is 9.98 Å². The van der Waals surface area contributed by atoms with Gasteiger partial charge in [0, 0.05) is 30.8 Å². The lowest BCUT2D eigenvalue weighted by molar-refractivity contribution is 0.152. The number of aliphatic imine (C=N–C) groups is 1. The van der Waals surface area contributed by atoms with Crippen molar-refractivity contribution in [1.82, 2.24) is 15.6 Å². The largest absolute Gasteiger partial charge is 0.380 e. The molecule has 0 bridgehead atoms. The molecule has 0 aromatic carbocycles. The van der Waals surface area contributed by atoms with Crippen LogP contribution >= 0.6 is 11.3 Å². The van der Waals surface area contributed by atoms with Crippen molar-refractivity contribution in [1.29, 1.82) is 0 Å². The van der Waals surface area contributed by atoms with Crippen LogP contribution in [0.4, 0.5) is 0 Å². The number of nitrogens with one attached hydrogen (secondary N) is 2.